The van der Waals surface area contributed by atoms with Crippen LogP contribution >= 0.6 is 0 Å². The fourth-order valence-corrected chi connectivity index (χ4v) is 2.76. The average molecular weight is 385 g/mol. The third-order valence-corrected chi connectivity index (χ3v) is 4.27. The first-order valence-electron chi connectivity index (χ1n) is 9.10. The topological polar surface area (TPSA) is 103 Å². The van der Waals surface area contributed by atoms with Crippen molar-refractivity contribution in [1.29, 1.82) is 0 Å². The van der Waals surface area contributed by atoms with Gasteiger partial charge in [0.25, 0.3) is 0 Å². The molecule has 150 valence electrons. The van der Waals surface area contributed by atoms with Gasteiger partial charge in [-0.25, -0.2) is 0 Å². The molecule has 2 rings (SSSR count). The van der Waals surface area contributed by atoms with Gasteiger partial charge in [0.2, 0.25) is 11.8 Å². The Morgan fingerprint density at radius 3 is 2.36 bits per heavy atom. The van der Waals surface area contributed by atoms with E-state index in [1.165, 1.54) is 0 Å². The quantitative estimate of drug-likeness (QED) is 0.506. The molecule has 2 amide bonds. The molecule has 2 aromatic rings. The molecule has 0 saturated carbocycles. The van der Waals surface area contributed by atoms with E-state index in [2.05, 4.69) is 10.6 Å². The molecule has 0 atom stereocenters. The van der Waals surface area contributed by atoms with E-state index < -0.39 is 5.91 Å². The lowest BCUT2D eigenvalue weighted by molar-refractivity contribution is -0.120. The molecule has 28 heavy (non-hydrogen) atoms. The average Bonchev–Trinajstić information content (AvgIpc) is 2.71. The van der Waals surface area contributed by atoms with Gasteiger partial charge < -0.3 is 25.8 Å². The van der Waals surface area contributed by atoms with E-state index in [0.29, 0.717) is 43.0 Å². The first kappa shape index (κ1) is 21.2. The van der Waals surface area contributed by atoms with E-state index in [-0.39, 0.29) is 12.5 Å². The second kappa shape index (κ2) is 10.9. The van der Waals surface area contributed by atoms with Crippen LogP contribution in [0.15, 0.2) is 42.5 Å². The van der Waals surface area contributed by atoms with Gasteiger partial charge in [0, 0.05) is 12.1 Å². The summed E-state index contributed by atoms with van der Waals surface area (Å²) in [4.78, 5) is 23.1. The number of methoxy groups -OCH3 is 2. The summed E-state index contributed by atoms with van der Waals surface area (Å²) in [6.45, 7) is 1.41. The number of hydrogen-bond donors (Lipinski definition) is 3. The SMILES string of the molecule is COc1ccc(CCNC(=O)CNCCc2cccc(C(N)=O)c2)cc1OC. The molecule has 0 fully saturated rings. The van der Waals surface area contributed by atoms with Gasteiger partial charge in [0.1, 0.15) is 0 Å². The van der Waals surface area contributed by atoms with E-state index in [4.69, 9.17) is 15.2 Å². The summed E-state index contributed by atoms with van der Waals surface area (Å²) in [5, 5.41) is 5.98. The van der Waals surface area contributed by atoms with Crippen LogP contribution in [0.2, 0.25) is 0 Å². The first-order chi connectivity index (χ1) is 13.5. The van der Waals surface area contributed by atoms with E-state index in [9.17, 15) is 9.59 Å². The van der Waals surface area contributed by atoms with Crippen LogP contribution in [-0.2, 0) is 17.6 Å². The normalized spacial score (nSPS) is 10.4. The second-order valence-electron chi connectivity index (χ2n) is 6.28. The van der Waals surface area contributed by atoms with Crippen molar-refractivity contribution in [3.63, 3.8) is 0 Å². The number of carbonyl (C=O) groups is 2. The van der Waals surface area contributed by atoms with Gasteiger partial charge in [0.15, 0.2) is 11.5 Å². The second-order valence-corrected chi connectivity index (χ2v) is 6.28. The maximum atomic E-state index is 11.9. The van der Waals surface area contributed by atoms with Crippen molar-refractivity contribution in [2.75, 3.05) is 33.9 Å². The van der Waals surface area contributed by atoms with Crippen molar-refractivity contribution in [2.24, 2.45) is 5.73 Å². The number of ether oxygens (including phenoxy) is 2. The Kier molecular flexibility index (Phi) is 8.30. The van der Waals surface area contributed by atoms with E-state index in [1.807, 2.05) is 24.3 Å². The highest BCUT2D eigenvalue weighted by Crippen LogP contribution is 2.27. The molecule has 0 aliphatic carbocycles. The fraction of sp³-hybridized carbons (Fsp3) is 0.333. The first-order valence-corrected chi connectivity index (χ1v) is 9.10. The monoisotopic (exact) mass is 385 g/mol. The zero-order valence-electron chi connectivity index (χ0n) is 16.3. The number of benzene rings is 2. The summed E-state index contributed by atoms with van der Waals surface area (Å²) in [5.41, 5.74) is 7.82. The number of carbonyl (C=O) groups excluding carboxylic acids is 2. The van der Waals surface area contributed by atoms with Crippen LogP contribution in [0.25, 0.3) is 0 Å². The van der Waals surface area contributed by atoms with Crippen molar-refractivity contribution in [3.05, 3.63) is 59.2 Å². The Morgan fingerprint density at radius 1 is 0.929 bits per heavy atom. The molecule has 0 radical (unpaired) electrons. The molecule has 0 heterocycles. The summed E-state index contributed by atoms with van der Waals surface area (Å²) in [6, 6.07) is 12.9. The number of nitrogens with two attached hydrogens (primary N) is 1. The molecule has 7 heteroatoms. The van der Waals surface area contributed by atoms with Crippen LogP contribution in [0.5, 0.6) is 11.5 Å². The molecule has 0 unspecified atom stereocenters. The molecule has 7 nitrogen and oxygen atoms in total. The van der Waals surface area contributed by atoms with Crippen LogP contribution in [0.4, 0.5) is 0 Å². The Balaban J connectivity index is 1.66. The van der Waals surface area contributed by atoms with Crippen LogP contribution in [0.1, 0.15) is 21.5 Å². The fourth-order valence-electron chi connectivity index (χ4n) is 2.76. The van der Waals surface area contributed by atoms with Crippen molar-refractivity contribution in [2.45, 2.75) is 12.8 Å². The molecule has 0 aliphatic rings. The summed E-state index contributed by atoms with van der Waals surface area (Å²) < 4.78 is 10.5. The largest absolute Gasteiger partial charge is 0.493 e. The standard InChI is InChI=1S/C21H27N3O4/c1-27-18-7-6-16(13-19(18)28-2)9-11-24-20(25)14-23-10-8-15-4-3-5-17(12-15)21(22)26/h3-7,12-13,23H,8-11,14H2,1-2H3,(H2,22,26)(H,24,25). The maximum absolute atomic E-state index is 11.9. The van der Waals surface area contributed by atoms with E-state index in [1.54, 1.807) is 32.4 Å². The Morgan fingerprint density at radius 2 is 1.64 bits per heavy atom. The molecule has 0 saturated heterocycles. The highest BCUT2D eigenvalue weighted by molar-refractivity contribution is 5.92. The van der Waals surface area contributed by atoms with Crippen molar-refractivity contribution in [1.82, 2.24) is 10.6 Å². The number of nitrogens with one attached hydrogen (secondary N) is 2. The molecule has 0 bridgehead atoms. The summed E-state index contributed by atoms with van der Waals surface area (Å²) in [6.07, 6.45) is 1.41. The van der Waals surface area contributed by atoms with Gasteiger partial charge in [-0.3, -0.25) is 9.59 Å². The molecule has 0 aliphatic heterocycles. The lowest BCUT2D eigenvalue weighted by atomic mass is 10.1. The predicted octanol–water partition coefficient (Wildman–Crippen LogP) is 1.29. The molecular formula is C21H27N3O4. The lowest BCUT2D eigenvalue weighted by Crippen LogP contribution is -2.35. The van der Waals surface area contributed by atoms with E-state index in [0.717, 1.165) is 11.1 Å². The van der Waals surface area contributed by atoms with Gasteiger partial charge in [-0.1, -0.05) is 18.2 Å². The minimum atomic E-state index is -0.441. The number of hydrogen-bond acceptors (Lipinski definition) is 5. The van der Waals surface area contributed by atoms with Crippen molar-refractivity contribution in [3.8, 4) is 11.5 Å². The van der Waals surface area contributed by atoms with Gasteiger partial charge >= 0.3 is 0 Å². The Hall–Kier alpha value is -3.06. The highest BCUT2D eigenvalue weighted by atomic mass is 16.5. The highest BCUT2D eigenvalue weighted by Gasteiger charge is 2.06. The van der Waals surface area contributed by atoms with Gasteiger partial charge in [0.05, 0.1) is 20.8 Å². The molecule has 0 aromatic heterocycles. The van der Waals surface area contributed by atoms with E-state index >= 15 is 0 Å². The minimum Gasteiger partial charge on any atom is -0.493 e. The maximum Gasteiger partial charge on any atom is 0.248 e. The van der Waals surface area contributed by atoms with Crippen molar-refractivity contribution < 1.29 is 19.1 Å². The third kappa shape index (κ3) is 6.59. The third-order valence-electron chi connectivity index (χ3n) is 4.27. The van der Waals surface area contributed by atoms with Crippen LogP contribution < -0.4 is 25.8 Å². The molecule has 4 N–H and O–H groups in total. The zero-order valence-corrected chi connectivity index (χ0v) is 16.3. The summed E-state index contributed by atoms with van der Waals surface area (Å²) >= 11 is 0. The van der Waals surface area contributed by atoms with Crippen LogP contribution in [0.3, 0.4) is 0 Å². The zero-order chi connectivity index (χ0) is 20.4. The number of rotatable bonds is 11. The van der Waals surface area contributed by atoms with Crippen LogP contribution in [-0.4, -0.2) is 45.7 Å². The van der Waals surface area contributed by atoms with Gasteiger partial charge in [-0.15, -0.1) is 0 Å². The number of amides is 2. The molecule has 2 aromatic carbocycles. The van der Waals surface area contributed by atoms with Crippen LogP contribution in [0, 0.1) is 0 Å². The van der Waals surface area contributed by atoms with Crippen molar-refractivity contribution >= 4 is 11.8 Å². The Bertz CT molecular complexity index is 808. The van der Waals surface area contributed by atoms with Gasteiger partial charge in [-0.2, -0.15) is 0 Å². The number of primary amides is 1. The smallest absolute Gasteiger partial charge is 0.248 e. The Labute approximate surface area is 165 Å². The predicted molar refractivity (Wildman–Crippen MR) is 108 cm³/mol. The minimum absolute atomic E-state index is 0.0636. The lowest BCUT2D eigenvalue weighted by Gasteiger charge is -2.10. The van der Waals surface area contributed by atoms with Gasteiger partial charge in [-0.05, 0) is 54.8 Å². The summed E-state index contributed by atoms with van der Waals surface area (Å²) in [7, 11) is 3.19. The molecule has 0 spiro atoms. The summed E-state index contributed by atoms with van der Waals surface area (Å²) in [5.74, 6) is 0.851. The molecular weight excluding hydrogens is 358 g/mol.